The maximum Gasteiger partial charge on any atom is 0.191 e. The van der Waals surface area contributed by atoms with Gasteiger partial charge in [0.25, 0.3) is 0 Å². The van der Waals surface area contributed by atoms with Crippen LogP contribution in [-0.4, -0.2) is 62.3 Å². The van der Waals surface area contributed by atoms with E-state index >= 15 is 0 Å². The van der Waals surface area contributed by atoms with Crippen molar-refractivity contribution in [2.45, 2.75) is 32.9 Å². The lowest BCUT2D eigenvalue weighted by atomic mass is 10.2. The minimum atomic E-state index is 0.276. The number of nitrogens with zero attached hydrogens (tertiary/aromatic N) is 2. The Hall–Kier alpha value is -0.810. The molecule has 0 aliphatic carbocycles. The molecule has 2 atom stereocenters. The topological polar surface area (TPSA) is 48.9 Å². The highest BCUT2D eigenvalue weighted by molar-refractivity contribution is 5.81. The third-order valence-electron chi connectivity index (χ3n) is 3.25. The number of morpholine rings is 1. The van der Waals surface area contributed by atoms with E-state index in [1.165, 1.54) is 0 Å². The van der Waals surface area contributed by atoms with E-state index in [4.69, 9.17) is 4.74 Å². The molecule has 0 aromatic carbocycles. The van der Waals surface area contributed by atoms with Crippen LogP contribution in [0.2, 0.25) is 0 Å². The molecule has 1 saturated heterocycles. The molecule has 0 amide bonds. The van der Waals surface area contributed by atoms with Crippen LogP contribution in [0.15, 0.2) is 4.99 Å². The van der Waals surface area contributed by atoms with Crippen molar-refractivity contribution in [3.63, 3.8) is 0 Å². The molecule has 18 heavy (non-hydrogen) atoms. The molecular weight excluding hydrogens is 228 g/mol. The van der Waals surface area contributed by atoms with Crippen LogP contribution in [-0.2, 0) is 4.74 Å². The summed E-state index contributed by atoms with van der Waals surface area (Å²) >= 11 is 0. The van der Waals surface area contributed by atoms with Crippen LogP contribution in [0.3, 0.4) is 0 Å². The Bertz CT molecular complexity index is 293. The second-order valence-corrected chi connectivity index (χ2v) is 5.76. The minimum absolute atomic E-state index is 0.276. The first-order chi connectivity index (χ1) is 8.63. The number of nitrogens with one attached hydrogen (secondary N) is 2. The van der Waals surface area contributed by atoms with Gasteiger partial charge in [0.15, 0.2) is 5.96 Å². The van der Waals surface area contributed by atoms with Gasteiger partial charge in [-0.3, -0.25) is 9.89 Å². The molecule has 0 aromatic rings. The molecule has 0 bridgehead atoms. The van der Waals surface area contributed by atoms with Crippen LogP contribution >= 0.6 is 0 Å². The van der Waals surface area contributed by atoms with Crippen molar-refractivity contribution in [2.24, 2.45) is 10.9 Å². The SMILES string of the molecule is CC(C)CN1CCOC(CNC2=NCC(C)N2)C1. The zero-order valence-electron chi connectivity index (χ0n) is 11.8. The Balaban J connectivity index is 1.69. The maximum atomic E-state index is 5.79. The van der Waals surface area contributed by atoms with Gasteiger partial charge in [0, 0.05) is 32.2 Å². The summed E-state index contributed by atoms with van der Waals surface area (Å²) in [6, 6.07) is 0.456. The van der Waals surface area contributed by atoms with Crippen molar-refractivity contribution in [3.05, 3.63) is 0 Å². The highest BCUT2D eigenvalue weighted by Gasteiger charge is 2.21. The first kappa shape index (κ1) is 13.6. The monoisotopic (exact) mass is 254 g/mol. The molecule has 5 heteroatoms. The summed E-state index contributed by atoms with van der Waals surface area (Å²) in [5, 5.41) is 6.65. The number of aliphatic imine (C=N–C) groups is 1. The van der Waals surface area contributed by atoms with E-state index in [-0.39, 0.29) is 6.10 Å². The summed E-state index contributed by atoms with van der Waals surface area (Å²) in [6.45, 7) is 12.5. The van der Waals surface area contributed by atoms with E-state index in [1.54, 1.807) is 0 Å². The van der Waals surface area contributed by atoms with Crippen LogP contribution in [0.1, 0.15) is 20.8 Å². The third-order valence-corrected chi connectivity index (χ3v) is 3.25. The molecule has 1 fully saturated rings. The van der Waals surface area contributed by atoms with Gasteiger partial charge in [-0.05, 0) is 12.8 Å². The van der Waals surface area contributed by atoms with Crippen LogP contribution in [0.4, 0.5) is 0 Å². The van der Waals surface area contributed by atoms with Crippen molar-refractivity contribution in [1.82, 2.24) is 15.5 Å². The van der Waals surface area contributed by atoms with E-state index in [0.29, 0.717) is 6.04 Å². The van der Waals surface area contributed by atoms with Gasteiger partial charge < -0.3 is 15.4 Å². The zero-order valence-corrected chi connectivity index (χ0v) is 11.8. The summed E-state index contributed by atoms with van der Waals surface area (Å²) < 4.78 is 5.79. The van der Waals surface area contributed by atoms with E-state index in [2.05, 4.69) is 41.3 Å². The van der Waals surface area contributed by atoms with Gasteiger partial charge in [-0.25, -0.2) is 0 Å². The number of guanidine groups is 1. The average molecular weight is 254 g/mol. The quantitative estimate of drug-likeness (QED) is 0.756. The highest BCUT2D eigenvalue weighted by Crippen LogP contribution is 2.07. The average Bonchev–Trinajstić information content (AvgIpc) is 2.72. The lowest BCUT2D eigenvalue weighted by Crippen LogP contribution is -2.49. The molecule has 2 heterocycles. The molecule has 0 aromatic heterocycles. The van der Waals surface area contributed by atoms with Crippen molar-refractivity contribution < 1.29 is 4.74 Å². The van der Waals surface area contributed by atoms with Gasteiger partial charge in [0.2, 0.25) is 0 Å². The van der Waals surface area contributed by atoms with Gasteiger partial charge >= 0.3 is 0 Å². The fourth-order valence-electron chi connectivity index (χ4n) is 2.46. The number of hydrogen-bond donors (Lipinski definition) is 2. The number of hydrogen-bond acceptors (Lipinski definition) is 5. The largest absolute Gasteiger partial charge is 0.374 e. The summed E-state index contributed by atoms with van der Waals surface area (Å²) in [5.74, 6) is 1.64. The van der Waals surface area contributed by atoms with Crippen LogP contribution < -0.4 is 10.6 Å². The highest BCUT2D eigenvalue weighted by atomic mass is 16.5. The molecule has 2 aliphatic heterocycles. The van der Waals surface area contributed by atoms with E-state index in [1.807, 2.05) is 0 Å². The Morgan fingerprint density at radius 2 is 2.39 bits per heavy atom. The summed E-state index contributed by atoms with van der Waals surface area (Å²) in [6.07, 6.45) is 0.276. The van der Waals surface area contributed by atoms with Crippen molar-refractivity contribution >= 4 is 5.96 Å². The van der Waals surface area contributed by atoms with E-state index in [0.717, 1.165) is 51.2 Å². The van der Waals surface area contributed by atoms with Crippen molar-refractivity contribution in [3.8, 4) is 0 Å². The Morgan fingerprint density at radius 3 is 3.06 bits per heavy atom. The number of rotatable bonds is 4. The van der Waals surface area contributed by atoms with Crippen LogP contribution in [0.25, 0.3) is 0 Å². The van der Waals surface area contributed by atoms with Gasteiger partial charge in [-0.1, -0.05) is 13.8 Å². The Kier molecular flexibility index (Phi) is 4.83. The van der Waals surface area contributed by atoms with Crippen LogP contribution in [0, 0.1) is 5.92 Å². The molecule has 104 valence electrons. The van der Waals surface area contributed by atoms with Gasteiger partial charge in [0.1, 0.15) is 0 Å². The molecule has 2 rings (SSSR count). The summed E-state index contributed by atoms with van der Waals surface area (Å²) in [5.41, 5.74) is 0. The Labute approximate surface area is 110 Å². The summed E-state index contributed by atoms with van der Waals surface area (Å²) in [7, 11) is 0. The Morgan fingerprint density at radius 1 is 1.56 bits per heavy atom. The third kappa shape index (κ3) is 4.14. The fraction of sp³-hybridized carbons (Fsp3) is 0.923. The van der Waals surface area contributed by atoms with Gasteiger partial charge in [-0.2, -0.15) is 0 Å². The molecule has 0 saturated carbocycles. The molecule has 2 aliphatic rings. The number of ether oxygens (including phenoxy) is 1. The maximum absolute atomic E-state index is 5.79. The molecular formula is C13H26N4O. The lowest BCUT2D eigenvalue weighted by molar-refractivity contribution is -0.0284. The minimum Gasteiger partial charge on any atom is -0.374 e. The zero-order chi connectivity index (χ0) is 13.0. The van der Waals surface area contributed by atoms with Gasteiger partial charge in [0.05, 0.1) is 19.3 Å². The predicted molar refractivity (Wildman–Crippen MR) is 73.9 cm³/mol. The predicted octanol–water partition coefficient (Wildman–Crippen LogP) is 0.281. The summed E-state index contributed by atoms with van der Waals surface area (Å²) in [4.78, 5) is 6.89. The lowest BCUT2D eigenvalue weighted by Gasteiger charge is -2.34. The first-order valence-electron chi connectivity index (χ1n) is 7.02. The first-order valence-corrected chi connectivity index (χ1v) is 7.02. The second kappa shape index (κ2) is 6.38. The van der Waals surface area contributed by atoms with Crippen molar-refractivity contribution in [2.75, 3.05) is 39.3 Å². The van der Waals surface area contributed by atoms with E-state index < -0.39 is 0 Å². The van der Waals surface area contributed by atoms with Crippen LogP contribution in [0.5, 0.6) is 0 Å². The second-order valence-electron chi connectivity index (χ2n) is 5.76. The fourth-order valence-corrected chi connectivity index (χ4v) is 2.46. The molecule has 5 nitrogen and oxygen atoms in total. The molecule has 0 spiro atoms. The molecule has 0 radical (unpaired) electrons. The molecule has 2 unspecified atom stereocenters. The smallest absolute Gasteiger partial charge is 0.191 e. The normalized spacial score (nSPS) is 29.2. The van der Waals surface area contributed by atoms with Crippen molar-refractivity contribution in [1.29, 1.82) is 0 Å². The van der Waals surface area contributed by atoms with Gasteiger partial charge in [-0.15, -0.1) is 0 Å². The standard InChI is InChI=1S/C13H26N4O/c1-10(2)8-17-4-5-18-12(9-17)7-15-13-14-6-11(3)16-13/h10-12H,4-9H2,1-3H3,(H2,14,15,16). The van der Waals surface area contributed by atoms with E-state index in [9.17, 15) is 0 Å². The molecule has 2 N–H and O–H groups in total.